The van der Waals surface area contributed by atoms with E-state index in [0.717, 1.165) is 24.2 Å². The van der Waals surface area contributed by atoms with Gasteiger partial charge in [0.25, 0.3) is 0 Å². The van der Waals surface area contributed by atoms with Crippen molar-refractivity contribution in [2.75, 3.05) is 18.4 Å². The fourth-order valence-electron chi connectivity index (χ4n) is 2.42. The molecular weight excluding hydrogens is 458 g/mol. The number of carbonyl (C=O) groups excluding carboxylic acids is 1. The van der Waals surface area contributed by atoms with Crippen molar-refractivity contribution in [1.82, 2.24) is 10.6 Å². The normalized spacial score (nSPS) is 10.7. The van der Waals surface area contributed by atoms with Crippen LogP contribution in [0.3, 0.4) is 0 Å². The molecule has 0 unspecified atom stereocenters. The molecule has 1 amide bonds. The van der Waals surface area contributed by atoms with Crippen LogP contribution in [0.15, 0.2) is 53.5 Å². The number of aliphatic imine (C=N–C) groups is 1. The van der Waals surface area contributed by atoms with Gasteiger partial charge in [-0.15, -0.1) is 24.0 Å². The van der Waals surface area contributed by atoms with E-state index < -0.39 is 0 Å². The van der Waals surface area contributed by atoms with Gasteiger partial charge in [-0.1, -0.05) is 30.3 Å². The molecule has 0 radical (unpaired) electrons. The maximum absolute atomic E-state index is 13.7. The van der Waals surface area contributed by atoms with Crippen LogP contribution >= 0.6 is 24.0 Å². The molecule has 146 valence electrons. The number of hydrogen-bond donors (Lipinski definition) is 3. The zero-order chi connectivity index (χ0) is 18.8. The minimum atomic E-state index is -0.244. The molecule has 27 heavy (non-hydrogen) atoms. The van der Waals surface area contributed by atoms with Crippen LogP contribution in [0.5, 0.6) is 0 Å². The van der Waals surface area contributed by atoms with Gasteiger partial charge in [-0.05, 0) is 37.1 Å². The Hall–Kier alpha value is -2.16. The molecule has 0 heterocycles. The number of rotatable bonds is 7. The highest BCUT2D eigenvalue weighted by Crippen LogP contribution is 2.10. The second kappa shape index (κ2) is 12.3. The molecule has 7 heteroatoms. The van der Waals surface area contributed by atoms with Gasteiger partial charge < -0.3 is 16.0 Å². The Morgan fingerprint density at radius 2 is 1.78 bits per heavy atom. The van der Waals surface area contributed by atoms with Crippen LogP contribution in [0.1, 0.15) is 25.0 Å². The molecule has 2 aromatic rings. The highest BCUT2D eigenvalue weighted by Gasteiger charge is 2.02. The van der Waals surface area contributed by atoms with Gasteiger partial charge in [-0.25, -0.2) is 9.38 Å². The summed E-state index contributed by atoms with van der Waals surface area (Å²) in [6, 6.07) is 14.4. The number of benzene rings is 2. The summed E-state index contributed by atoms with van der Waals surface area (Å²) in [6.45, 7) is 5.19. The van der Waals surface area contributed by atoms with E-state index in [2.05, 4.69) is 20.9 Å². The van der Waals surface area contributed by atoms with E-state index in [0.29, 0.717) is 18.1 Å². The molecule has 2 rings (SSSR count). The van der Waals surface area contributed by atoms with Crippen molar-refractivity contribution in [1.29, 1.82) is 0 Å². The third kappa shape index (κ3) is 8.38. The summed E-state index contributed by atoms with van der Waals surface area (Å²) in [5, 5.41) is 9.16. The van der Waals surface area contributed by atoms with Crippen LogP contribution in [-0.2, 0) is 17.8 Å². The van der Waals surface area contributed by atoms with Crippen molar-refractivity contribution in [3.05, 3.63) is 65.5 Å². The van der Waals surface area contributed by atoms with Gasteiger partial charge in [-0.3, -0.25) is 4.79 Å². The number of halogens is 2. The van der Waals surface area contributed by atoms with E-state index in [1.165, 1.54) is 13.0 Å². The van der Waals surface area contributed by atoms with Gasteiger partial charge in [0.15, 0.2) is 5.96 Å². The number of nitrogens with one attached hydrogen (secondary N) is 3. The summed E-state index contributed by atoms with van der Waals surface area (Å²) in [5.74, 6) is 0.331. The van der Waals surface area contributed by atoms with Crippen molar-refractivity contribution in [3.8, 4) is 0 Å². The molecule has 0 aliphatic carbocycles. The lowest BCUT2D eigenvalue weighted by Gasteiger charge is -2.12. The Kier molecular flexibility index (Phi) is 10.4. The van der Waals surface area contributed by atoms with Gasteiger partial charge in [0.2, 0.25) is 5.91 Å². The zero-order valence-corrected chi connectivity index (χ0v) is 17.9. The van der Waals surface area contributed by atoms with Crippen molar-refractivity contribution < 1.29 is 9.18 Å². The first-order valence-electron chi connectivity index (χ1n) is 8.70. The van der Waals surface area contributed by atoms with Gasteiger partial charge >= 0.3 is 0 Å². The lowest BCUT2D eigenvalue weighted by molar-refractivity contribution is -0.114. The van der Waals surface area contributed by atoms with E-state index in [4.69, 9.17) is 0 Å². The largest absolute Gasteiger partial charge is 0.357 e. The minimum absolute atomic E-state index is 0. The van der Waals surface area contributed by atoms with Crippen molar-refractivity contribution in [2.24, 2.45) is 4.99 Å². The number of hydrogen-bond acceptors (Lipinski definition) is 2. The molecule has 0 spiro atoms. The lowest BCUT2D eigenvalue weighted by atomic mass is 10.1. The van der Waals surface area contributed by atoms with Gasteiger partial charge in [0.1, 0.15) is 5.82 Å². The van der Waals surface area contributed by atoms with Gasteiger partial charge in [-0.2, -0.15) is 0 Å². The van der Waals surface area contributed by atoms with Crippen LogP contribution in [0.25, 0.3) is 0 Å². The Morgan fingerprint density at radius 1 is 1.07 bits per heavy atom. The van der Waals surface area contributed by atoms with Crippen molar-refractivity contribution in [3.63, 3.8) is 0 Å². The zero-order valence-electron chi connectivity index (χ0n) is 15.6. The molecule has 3 N–H and O–H groups in total. The van der Waals surface area contributed by atoms with Crippen molar-refractivity contribution >= 4 is 41.5 Å². The topological polar surface area (TPSA) is 65.5 Å². The summed E-state index contributed by atoms with van der Waals surface area (Å²) in [4.78, 5) is 15.5. The second-order valence-electron chi connectivity index (χ2n) is 5.84. The summed E-state index contributed by atoms with van der Waals surface area (Å²) in [7, 11) is 0. The first-order valence-corrected chi connectivity index (χ1v) is 8.70. The van der Waals surface area contributed by atoms with E-state index in [-0.39, 0.29) is 42.2 Å². The predicted molar refractivity (Wildman–Crippen MR) is 119 cm³/mol. The van der Waals surface area contributed by atoms with Crippen LogP contribution in [0, 0.1) is 5.82 Å². The van der Waals surface area contributed by atoms with Gasteiger partial charge in [0, 0.05) is 31.3 Å². The Labute approximate surface area is 176 Å². The molecule has 0 bridgehead atoms. The molecular formula is C20H26FIN4O. The summed E-state index contributed by atoms with van der Waals surface area (Å²) in [5.41, 5.74) is 2.50. The standard InChI is InChI=1S/C20H25FN4O.HI/c1-3-22-20(24-14-17-6-4-5-7-19(17)21)23-13-12-16-8-10-18(11-9-16)25-15(2)26;/h4-11H,3,12-14H2,1-2H3,(H,25,26)(H2,22,23,24);1H. The molecule has 0 fully saturated rings. The van der Waals surface area contributed by atoms with E-state index in [1.54, 1.807) is 18.2 Å². The van der Waals surface area contributed by atoms with E-state index in [1.807, 2.05) is 31.2 Å². The van der Waals surface area contributed by atoms with E-state index >= 15 is 0 Å². The molecule has 5 nitrogen and oxygen atoms in total. The predicted octanol–water partition coefficient (Wildman–Crippen LogP) is 3.70. The fourth-order valence-corrected chi connectivity index (χ4v) is 2.42. The summed E-state index contributed by atoms with van der Waals surface area (Å²) >= 11 is 0. The Morgan fingerprint density at radius 3 is 2.41 bits per heavy atom. The Balaban J connectivity index is 0.00000364. The molecule has 0 saturated heterocycles. The van der Waals surface area contributed by atoms with E-state index in [9.17, 15) is 9.18 Å². The molecule has 0 atom stereocenters. The van der Waals surface area contributed by atoms with Crippen LogP contribution in [0.4, 0.5) is 10.1 Å². The second-order valence-corrected chi connectivity index (χ2v) is 5.84. The third-order valence-electron chi connectivity index (χ3n) is 3.69. The molecule has 0 saturated carbocycles. The molecule has 0 aliphatic rings. The highest BCUT2D eigenvalue weighted by atomic mass is 127. The number of anilines is 1. The first kappa shape index (κ1) is 22.9. The maximum atomic E-state index is 13.7. The average molecular weight is 484 g/mol. The summed E-state index contributed by atoms with van der Waals surface area (Å²) < 4.78 is 13.7. The minimum Gasteiger partial charge on any atom is -0.357 e. The maximum Gasteiger partial charge on any atom is 0.221 e. The van der Waals surface area contributed by atoms with Crippen LogP contribution < -0.4 is 16.0 Å². The summed E-state index contributed by atoms with van der Waals surface area (Å²) in [6.07, 6.45) is 0.810. The third-order valence-corrected chi connectivity index (χ3v) is 3.69. The molecule has 0 aromatic heterocycles. The van der Waals surface area contributed by atoms with Crippen LogP contribution in [0.2, 0.25) is 0 Å². The number of nitrogens with zero attached hydrogens (tertiary/aromatic N) is 1. The number of amides is 1. The molecule has 0 aliphatic heterocycles. The van der Waals surface area contributed by atoms with Crippen LogP contribution in [-0.4, -0.2) is 25.0 Å². The quantitative estimate of drug-likeness (QED) is 0.319. The Bertz CT molecular complexity index is 750. The smallest absolute Gasteiger partial charge is 0.221 e. The number of guanidine groups is 1. The lowest BCUT2D eigenvalue weighted by Crippen LogP contribution is -2.38. The first-order chi connectivity index (χ1) is 12.6. The highest BCUT2D eigenvalue weighted by molar-refractivity contribution is 14.0. The molecule has 2 aromatic carbocycles. The van der Waals surface area contributed by atoms with Gasteiger partial charge in [0.05, 0.1) is 6.54 Å². The number of carbonyl (C=O) groups is 1. The SMILES string of the molecule is CCNC(=NCc1ccccc1F)NCCc1ccc(NC(C)=O)cc1.I. The average Bonchev–Trinajstić information content (AvgIpc) is 2.62. The fraction of sp³-hybridized carbons (Fsp3) is 0.300. The van der Waals surface area contributed by atoms with Crippen molar-refractivity contribution in [2.45, 2.75) is 26.8 Å². The monoisotopic (exact) mass is 484 g/mol.